The van der Waals surface area contributed by atoms with E-state index in [0.29, 0.717) is 6.61 Å². The lowest BCUT2D eigenvalue weighted by atomic mass is 9.89. The van der Waals surface area contributed by atoms with Gasteiger partial charge in [-0.25, -0.2) is 8.78 Å². The second-order valence-corrected chi connectivity index (χ2v) is 4.26. The molecule has 1 fully saturated rings. The first kappa shape index (κ1) is 12.4. The van der Waals surface area contributed by atoms with E-state index in [-0.39, 0.29) is 11.5 Å². The van der Waals surface area contributed by atoms with Gasteiger partial charge in [-0.2, -0.15) is 0 Å². The topological polar surface area (TPSA) is 47.3 Å². The molecule has 3 N–H and O–H groups in total. The molecule has 0 aromatic heterocycles. The van der Waals surface area contributed by atoms with Gasteiger partial charge in [0.25, 0.3) is 0 Å². The summed E-state index contributed by atoms with van der Waals surface area (Å²) in [6.07, 6.45) is 1.81. The van der Waals surface area contributed by atoms with Crippen LogP contribution in [0.25, 0.3) is 0 Å². The van der Waals surface area contributed by atoms with Crippen LogP contribution in [0.1, 0.15) is 24.4 Å². The van der Waals surface area contributed by atoms with Crippen molar-refractivity contribution >= 4 is 0 Å². The summed E-state index contributed by atoms with van der Waals surface area (Å²) >= 11 is 0. The van der Waals surface area contributed by atoms with Crippen molar-refractivity contribution in [3.63, 3.8) is 0 Å². The van der Waals surface area contributed by atoms with Gasteiger partial charge in [-0.3, -0.25) is 11.3 Å². The van der Waals surface area contributed by atoms with Crippen molar-refractivity contribution in [2.75, 3.05) is 13.2 Å². The zero-order valence-corrected chi connectivity index (χ0v) is 9.46. The molecule has 0 radical (unpaired) electrons. The third-order valence-corrected chi connectivity index (χ3v) is 3.16. The fraction of sp³-hybridized carbons (Fsp3) is 0.500. The van der Waals surface area contributed by atoms with Gasteiger partial charge in [0.2, 0.25) is 0 Å². The molecule has 2 unspecified atom stereocenters. The molecule has 17 heavy (non-hydrogen) atoms. The molecule has 1 saturated heterocycles. The number of hydrogen-bond acceptors (Lipinski definition) is 3. The van der Waals surface area contributed by atoms with Crippen molar-refractivity contribution in [2.24, 2.45) is 11.8 Å². The minimum absolute atomic E-state index is 0.0741. The standard InChI is InChI=1S/C12H16F2N2O/c13-10-5-1-4-9(11(10)14)12(16-15)8-3-2-6-17-7-8/h1,4-5,8,12,16H,2-3,6-7,15H2. The van der Waals surface area contributed by atoms with E-state index in [1.54, 1.807) is 6.07 Å². The normalized spacial score (nSPS) is 22.4. The molecule has 3 nitrogen and oxygen atoms in total. The third kappa shape index (κ3) is 2.62. The number of ether oxygens (including phenoxy) is 1. The minimum Gasteiger partial charge on any atom is -0.381 e. The lowest BCUT2D eigenvalue weighted by Gasteiger charge is -2.30. The molecule has 0 saturated carbocycles. The van der Waals surface area contributed by atoms with Gasteiger partial charge in [-0.15, -0.1) is 0 Å². The number of hydrogen-bond donors (Lipinski definition) is 2. The van der Waals surface area contributed by atoms with Gasteiger partial charge >= 0.3 is 0 Å². The average Bonchev–Trinajstić information content (AvgIpc) is 2.37. The minimum atomic E-state index is -0.848. The molecule has 1 aliphatic heterocycles. The van der Waals surface area contributed by atoms with Crippen LogP contribution in [-0.4, -0.2) is 13.2 Å². The van der Waals surface area contributed by atoms with Crippen molar-refractivity contribution in [3.05, 3.63) is 35.4 Å². The maximum absolute atomic E-state index is 13.7. The van der Waals surface area contributed by atoms with Crippen LogP contribution in [0.15, 0.2) is 18.2 Å². The largest absolute Gasteiger partial charge is 0.381 e. The van der Waals surface area contributed by atoms with Crippen LogP contribution < -0.4 is 11.3 Å². The highest BCUT2D eigenvalue weighted by Crippen LogP contribution is 2.30. The highest BCUT2D eigenvalue weighted by atomic mass is 19.2. The van der Waals surface area contributed by atoms with Crippen LogP contribution in [0.4, 0.5) is 8.78 Å². The Hall–Kier alpha value is -1.04. The van der Waals surface area contributed by atoms with Gasteiger partial charge in [-0.05, 0) is 18.9 Å². The third-order valence-electron chi connectivity index (χ3n) is 3.16. The molecule has 1 aromatic rings. The van der Waals surface area contributed by atoms with Crippen LogP contribution >= 0.6 is 0 Å². The number of benzene rings is 1. The Bertz CT molecular complexity index is 381. The molecule has 1 heterocycles. The van der Waals surface area contributed by atoms with Crippen molar-refractivity contribution in [3.8, 4) is 0 Å². The van der Waals surface area contributed by atoms with E-state index in [9.17, 15) is 8.78 Å². The SMILES string of the molecule is NNC(c1cccc(F)c1F)C1CCCOC1. The fourth-order valence-corrected chi connectivity index (χ4v) is 2.27. The lowest BCUT2D eigenvalue weighted by Crippen LogP contribution is -2.37. The van der Waals surface area contributed by atoms with Gasteiger partial charge in [0.05, 0.1) is 12.6 Å². The molecule has 0 amide bonds. The highest BCUT2D eigenvalue weighted by Gasteiger charge is 2.27. The van der Waals surface area contributed by atoms with Crippen molar-refractivity contribution < 1.29 is 13.5 Å². The van der Waals surface area contributed by atoms with E-state index in [2.05, 4.69) is 5.43 Å². The van der Waals surface area contributed by atoms with Gasteiger partial charge in [0.15, 0.2) is 11.6 Å². The molecule has 5 heteroatoms. The summed E-state index contributed by atoms with van der Waals surface area (Å²) in [4.78, 5) is 0. The van der Waals surface area contributed by atoms with E-state index in [1.807, 2.05) is 0 Å². The summed E-state index contributed by atoms with van der Waals surface area (Å²) < 4.78 is 32.2. The molecule has 1 aromatic carbocycles. The molecule has 0 spiro atoms. The van der Waals surface area contributed by atoms with Crippen LogP contribution in [0.2, 0.25) is 0 Å². The van der Waals surface area contributed by atoms with Crippen LogP contribution in [-0.2, 0) is 4.74 Å². The Morgan fingerprint density at radius 1 is 1.41 bits per heavy atom. The summed E-state index contributed by atoms with van der Waals surface area (Å²) in [5.41, 5.74) is 2.84. The molecule has 0 aliphatic carbocycles. The number of rotatable bonds is 3. The van der Waals surface area contributed by atoms with Gasteiger partial charge < -0.3 is 4.74 Å². The Balaban J connectivity index is 2.24. The highest BCUT2D eigenvalue weighted by molar-refractivity contribution is 5.23. The van der Waals surface area contributed by atoms with Crippen LogP contribution in [0, 0.1) is 17.6 Å². The van der Waals surface area contributed by atoms with Gasteiger partial charge in [0.1, 0.15) is 0 Å². The number of nitrogens with one attached hydrogen (secondary N) is 1. The maximum Gasteiger partial charge on any atom is 0.163 e. The summed E-state index contributed by atoms with van der Waals surface area (Å²) in [6.45, 7) is 1.24. The molecule has 0 bridgehead atoms. The van der Waals surface area contributed by atoms with E-state index in [1.165, 1.54) is 6.07 Å². The zero-order chi connectivity index (χ0) is 12.3. The van der Waals surface area contributed by atoms with Gasteiger partial charge in [0, 0.05) is 18.1 Å². The fourth-order valence-electron chi connectivity index (χ4n) is 2.27. The summed E-state index contributed by atoms with van der Waals surface area (Å²) in [7, 11) is 0. The first-order chi connectivity index (χ1) is 8.24. The second kappa shape index (κ2) is 5.53. The molecular formula is C12H16F2N2O. The monoisotopic (exact) mass is 242 g/mol. The number of hydrazine groups is 1. The molecule has 94 valence electrons. The van der Waals surface area contributed by atoms with Crippen molar-refractivity contribution in [1.29, 1.82) is 0 Å². The number of nitrogens with two attached hydrogens (primary N) is 1. The quantitative estimate of drug-likeness (QED) is 0.628. The van der Waals surface area contributed by atoms with E-state index in [0.717, 1.165) is 25.5 Å². The lowest BCUT2D eigenvalue weighted by molar-refractivity contribution is 0.0384. The predicted molar refractivity (Wildman–Crippen MR) is 60.0 cm³/mol. The van der Waals surface area contributed by atoms with E-state index < -0.39 is 17.7 Å². The Morgan fingerprint density at radius 2 is 2.24 bits per heavy atom. The second-order valence-electron chi connectivity index (χ2n) is 4.26. The van der Waals surface area contributed by atoms with E-state index in [4.69, 9.17) is 10.6 Å². The first-order valence-electron chi connectivity index (χ1n) is 5.72. The Labute approximate surface area is 98.9 Å². The Morgan fingerprint density at radius 3 is 2.88 bits per heavy atom. The van der Waals surface area contributed by atoms with E-state index >= 15 is 0 Å². The summed E-state index contributed by atoms with van der Waals surface area (Å²) in [5, 5.41) is 0. The van der Waals surface area contributed by atoms with Crippen LogP contribution in [0.3, 0.4) is 0 Å². The molecular weight excluding hydrogens is 226 g/mol. The van der Waals surface area contributed by atoms with Crippen LogP contribution in [0.5, 0.6) is 0 Å². The smallest absolute Gasteiger partial charge is 0.163 e. The molecule has 1 aliphatic rings. The average molecular weight is 242 g/mol. The molecule has 2 atom stereocenters. The summed E-state index contributed by atoms with van der Waals surface area (Å²) in [6, 6.07) is 3.73. The zero-order valence-electron chi connectivity index (χ0n) is 9.46. The van der Waals surface area contributed by atoms with Crippen molar-refractivity contribution in [1.82, 2.24) is 5.43 Å². The first-order valence-corrected chi connectivity index (χ1v) is 5.72. The maximum atomic E-state index is 13.7. The molecule has 2 rings (SSSR count). The Kier molecular flexibility index (Phi) is 4.04. The predicted octanol–water partition coefficient (Wildman–Crippen LogP) is 1.90. The van der Waals surface area contributed by atoms with Crippen molar-refractivity contribution in [2.45, 2.75) is 18.9 Å². The number of halogens is 2. The summed E-state index contributed by atoms with van der Waals surface area (Å²) in [5.74, 6) is 3.85. The van der Waals surface area contributed by atoms with Gasteiger partial charge in [-0.1, -0.05) is 12.1 Å².